The molecule has 0 spiro atoms. The molecule has 0 aromatic heterocycles. The summed E-state index contributed by atoms with van der Waals surface area (Å²) in [6.45, 7) is 4.41. The first kappa shape index (κ1) is 14.9. The Morgan fingerprint density at radius 3 is 2.74 bits per heavy atom. The molecule has 5 nitrogen and oxygen atoms in total. The van der Waals surface area contributed by atoms with Gasteiger partial charge in [0.2, 0.25) is 0 Å². The van der Waals surface area contributed by atoms with Crippen LogP contribution in [0.3, 0.4) is 0 Å². The van der Waals surface area contributed by atoms with E-state index in [2.05, 4.69) is 9.80 Å². The number of likely N-dealkylation sites (tertiary alicyclic amines) is 1. The molecule has 2 atom stereocenters. The van der Waals surface area contributed by atoms with Gasteiger partial charge in [-0.3, -0.25) is 0 Å². The number of nitrogen functional groups attached to an aromatic ring is 1. The van der Waals surface area contributed by atoms with Gasteiger partial charge in [-0.15, -0.1) is 0 Å². The van der Waals surface area contributed by atoms with Gasteiger partial charge in [0.15, 0.2) is 0 Å². The maximum atomic E-state index is 6.01. The quantitative estimate of drug-likeness (QED) is 0.849. The number of hydrogen-bond donors (Lipinski definition) is 1. The van der Waals surface area contributed by atoms with Crippen LogP contribution in [0.1, 0.15) is 32.1 Å². The number of fused-ring (bicyclic) bond motifs is 3. The van der Waals surface area contributed by atoms with E-state index in [1.165, 1.54) is 45.2 Å². The minimum atomic E-state index is 0.469. The van der Waals surface area contributed by atoms with E-state index in [9.17, 15) is 0 Å². The third-order valence-electron chi connectivity index (χ3n) is 5.65. The van der Waals surface area contributed by atoms with Gasteiger partial charge in [-0.1, -0.05) is 6.42 Å². The van der Waals surface area contributed by atoms with Crippen LogP contribution < -0.4 is 20.1 Å². The second-order valence-corrected chi connectivity index (χ2v) is 6.99. The van der Waals surface area contributed by atoms with Gasteiger partial charge < -0.3 is 25.0 Å². The summed E-state index contributed by atoms with van der Waals surface area (Å²) < 4.78 is 11.4. The lowest BCUT2D eigenvalue weighted by Crippen LogP contribution is -2.54. The summed E-state index contributed by atoms with van der Waals surface area (Å²) in [5, 5.41) is 0. The van der Waals surface area contributed by atoms with E-state index < -0.39 is 0 Å². The van der Waals surface area contributed by atoms with Crippen molar-refractivity contribution < 1.29 is 9.47 Å². The van der Waals surface area contributed by atoms with E-state index in [0.29, 0.717) is 11.7 Å². The lowest BCUT2D eigenvalue weighted by molar-refractivity contribution is 0.113. The van der Waals surface area contributed by atoms with Gasteiger partial charge >= 0.3 is 0 Å². The van der Waals surface area contributed by atoms with Gasteiger partial charge in [0.05, 0.1) is 24.5 Å². The molecule has 0 saturated carbocycles. The molecule has 0 bridgehead atoms. The average Bonchev–Trinajstić information content (AvgIpc) is 2.61. The highest BCUT2D eigenvalue weighted by molar-refractivity contribution is 5.71. The highest BCUT2D eigenvalue weighted by atomic mass is 16.5. The Labute approximate surface area is 138 Å². The first-order chi connectivity index (χ1) is 11.3. The molecule has 3 heterocycles. The molecular weight excluding hydrogens is 290 g/mol. The van der Waals surface area contributed by atoms with E-state index >= 15 is 0 Å². The van der Waals surface area contributed by atoms with Crippen molar-refractivity contribution in [1.82, 2.24) is 4.90 Å². The number of nitrogens with two attached hydrogens (primary N) is 1. The van der Waals surface area contributed by atoms with E-state index in [0.717, 1.165) is 36.4 Å². The smallest absolute Gasteiger partial charge is 0.145 e. The second kappa shape index (κ2) is 6.11. The Bertz CT molecular complexity index is 572. The maximum absolute atomic E-state index is 6.01. The van der Waals surface area contributed by atoms with Crippen LogP contribution >= 0.6 is 0 Å². The normalized spacial score (nSPS) is 27.8. The monoisotopic (exact) mass is 317 g/mol. The SMILES string of the molecule is COc1cc2c(cc1N)OCC1CC(N3CCCCC3)CCN21. The number of methoxy groups -OCH3 is 1. The number of benzene rings is 1. The minimum Gasteiger partial charge on any atom is -0.495 e. The van der Waals surface area contributed by atoms with Crippen LogP contribution in [0.2, 0.25) is 0 Å². The summed E-state index contributed by atoms with van der Waals surface area (Å²) in [6.07, 6.45) is 6.56. The number of hydrogen-bond acceptors (Lipinski definition) is 5. The Balaban J connectivity index is 1.53. The van der Waals surface area contributed by atoms with Crippen LogP contribution in [0.4, 0.5) is 11.4 Å². The van der Waals surface area contributed by atoms with Crippen LogP contribution in [-0.2, 0) is 0 Å². The number of rotatable bonds is 2. The Kier molecular flexibility index (Phi) is 3.97. The molecular formula is C18H27N3O2. The molecule has 0 radical (unpaired) electrons. The highest BCUT2D eigenvalue weighted by Crippen LogP contribution is 2.42. The summed E-state index contributed by atoms with van der Waals surface area (Å²) >= 11 is 0. The van der Waals surface area contributed by atoms with Crippen LogP contribution in [0.25, 0.3) is 0 Å². The summed E-state index contributed by atoms with van der Waals surface area (Å²) in [5.74, 6) is 1.64. The van der Waals surface area contributed by atoms with Gasteiger partial charge in [0.25, 0.3) is 0 Å². The lowest BCUT2D eigenvalue weighted by atomic mass is 9.93. The molecule has 0 amide bonds. The number of nitrogens with zero attached hydrogens (tertiary/aromatic N) is 2. The number of ether oxygens (including phenoxy) is 2. The highest BCUT2D eigenvalue weighted by Gasteiger charge is 2.36. The first-order valence-corrected chi connectivity index (χ1v) is 8.87. The zero-order chi connectivity index (χ0) is 15.8. The summed E-state index contributed by atoms with van der Waals surface area (Å²) in [4.78, 5) is 5.21. The average molecular weight is 317 g/mol. The molecule has 5 heteroatoms. The molecule has 3 aliphatic heterocycles. The minimum absolute atomic E-state index is 0.469. The zero-order valence-corrected chi connectivity index (χ0v) is 14.0. The second-order valence-electron chi connectivity index (χ2n) is 6.99. The number of anilines is 2. The van der Waals surface area contributed by atoms with Crippen molar-refractivity contribution in [2.45, 2.75) is 44.2 Å². The topological polar surface area (TPSA) is 51.0 Å². The van der Waals surface area contributed by atoms with E-state index in [-0.39, 0.29) is 0 Å². The standard InChI is InChI=1S/C18H27N3O2/c1-22-17-11-16-18(10-15(17)19)23-12-14-9-13(5-8-21(14)16)20-6-3-2-4-7-20/h10-11,13-14H,2-9,12,19H2,1H3. The molecule has 4 rings (SSSR count). The Morgan fingerprint density at radius 2 is 1.96 bits per heavy atom. The fourth-order valence-electron chi connectivity index (χ4n) is 4.39. The molecule has 23 heavy (non-hydrogen) atoms. The third kappa shape index (κ3) is 2.71. The summed E-state index contributed by atoms with van der Waals surface area (Å²) in [5.41, 5.74) is 7.80. The maximum Gasteiger partial charge on any atom is 0.145 e. The molecule has 2 unspecified atom stereocenters. The molecule has 2 saturated heterocycles. The van der Waals surface area contributed by atoms with Crippen molar-refractivity contribution >= 4 is 11.4 Å². The van der Waals surface area contributed by atoms with Crippen LogP contribution in [-0.4, -0.2) is 50.3 Å². The van der Waals surface area contributed by atoms with Crippen LogP contribution in [0, 0.1) is 0 Å². The summed E-state index contributed by atoms with van der Waals surface area (Å²) in [7, 11) is 1.67. The van der Waals surface area contributed by atoms with Gasteiger partial charge in [-0.2, -0.15) is 0 Å². The fraction of sp³-hybridized carbons (Fsp3) is 0.667. The van der Waals surface area contributed by atoms with Gasteiger partial charge in [0, 0.05) is 24.7 Å². The molecule has 0 aliphatic carbocycles. The largest absolute Gasteiger partial charge is 0.495 e. The van der Waals surface area contributed by atoms with E-state index in [1.807, 2.05) is 12.1 Å². The Morgan fingerprint density at radius 1 is 1.13 bits per heavy atom. The van der Waals surface area contributed by atoms with Gasteiger partial charge in [-0.25, -0.2) is 0 Å². The van der Waals surface area contributed by atoms with Crippen molar-refractivity contribution in [3.63, 3.8) is 0 Å². The van der Waals surface area contributed by atoms with E-state index in [1.54, 1.807) is 7.11 Å². The molecule has 2 N–H and O–H groups in total. The van der Waals surface area contributed by atoms with Crippen molar-refractivity contribution in [3.8, 4) is 11.5 Å². The van der Waals surface area contributed by atoms with Crippen LogP contribution in [0.5, 0.6) is 11.5 Å². The molecule has 1 aromatic rings. The van der Waals surface area contributed by atoms with Gasteiger partial charge in [-0.05, 0) is 38.8 Å². The predicted molar refractivity (Wildman–Crippen MR) is 92.5 cm³/mol. The molecule has 2 fully saturated rings. The summed E-state index contributed by atoms with van der Waals surface area (Å²) in [6, 6.07) is 5.13. The van der Waals surface area contributed by atoms with Gasteiger partial charge in [0.1, 0.15) is 18.1 Å². The van der Waals surface area contributed by atoms with Crippen molar-refractivity contribution in [1.29, 1.82) is 0 Å². The Hall–Kier alpha value is -1.62. The zero-order valence-electron chi connectivity index (χ0n) is 14.0. The van der Waals surface area contributed by atoms with Crippen molar-refractivity contribution in [3.05, 3.63) is 12.1 Å². The number of piperidine rings is 2. The fourth-order valence-corrected chi connectivity index (χ4v) is 4.39. The third-order valence-corrected chi connectivity index (χ3v) is 5.65. The van der Waals surface area contributed by atoms with Crippen LogP contribution in [0.15, 0.2) is 12.1 Å². The first-order valence-electron chi connectivity index (χ1n) is 8.87. The van der Waals surface area contributed by atoms with E-state index in [4.69, 9.17) is 15.2 Å². The lowest BCUT2D eigenvalue weighted by Gasteiger charge is -2.47. The molecule has 126 valence electrons. The van der Waals surface area contributed by atoms with Crippen molar-refractivity contribution in [2.24, 2.45) is 0 Å². The molecule has 3 aliphatic rings. The predicted octanol–water partition coefficient (Wildman–Crippen LogP) is 2.49. The van der Waals surface area contributed by atoms with Crippen molar-refractivity contribution in [2.75, 3.05) is 44.0 Å². The molecule has 1 aromatic carbocycles.